The Labute approximate surface area is 105 Å². The first kappa shape index (κ1) is 15.9. The summed E-state index contributed by atoms with van der Waals surface area (Å²) in [6.07, 6.45) is 0.525. The molecule has 0 heterocycles. The number of hydrogen-bond acceptors (Lipinski definition) is 5. The van der Waals surface area contributed by atoms with Crippen molar-refractivity contribution in [3.8, 4) is 12.1 Å². The van der Waals surface area contributed by atoms with Crippen molar-refractivity contribution in [2.24, 2.45) is 0 Å². The fourth-order valence-corrected chi connectivity index (χ4v) is 0.869. The number of carboxylic acids is 1. The number of carbonyl (C=O) groups is 1. The van der Waals surface area contributed by atoms with Gasteiger partial charge >= 0.3 is 29.6 Å². The van der Waals surface area contributed by atoms with Gasteiger partial charge in [0.25, 0.3) is 0 Å². The number of carbonyl (C=O) groups excluding carboxylic acids is 1. The van der Waals surface area contributed by atoms with E-state index in [1.54, 1.807) is 0 Å². The van der Waals surface area contributed by atoms with Crippen LogP contribution < -0.4 is 34.7 Å². The van der Waals surface area contributed by atoms with Gasteiger partial charge in [-0.25, -0.2) is 0 Å². The van der Waals surface area contributed by atoms with Crippen LogP contribution in [0.2, 0.25) is 0 Å². The minimum atomic E-state index is -1.18. The van der Waals surface area contributed by atoms with Crippen LogP contribution in [-0.4, -0.2) is 30.5 Å². The van der Waals surface area contributed by atoms with E-state index in [4.69, 9.17) is 10.5 Å². The maximum absolute atomic E-state index is 10.2. The molecule has 0 aliphatic carbocycles. The van der Waals surface area contributed by atoms with Crippen LogP contribution in [0.3, 0.4) is 0 Å². The molecule has 14 heavy (non-hydrogen) atoms. The molecule has 0 saturated carbocycles. The minimum Gasteiger partial charge on any atom is -0.549 e. The smallest absolute Gasteiger partial charge is 0.549 e. The van der Waals surface area contributed by atoms with E-state index >= 15 is 0 Å². The Kier molecular flexibility index (Phi) is 11.9. The zero-order valence-electron chi connectivity index (χ0n) is 8.19. The first-order valence-electron chi connectivity index (χ1n) is 3.86. The SMILES string of the molecule is N#CCCN(CCC#N)CC(=O)[O-].[Na+]. The molecular weight excluding hydrogens is 193 g/mol. The summed E-state index contributed by atoms with van der Waals surface area (Å²) in [6.45, 7) is 0.516. The van der Waals surface area contributed by atoms with E-state index in [0.29, 0.717) is 13.1 Å². The molecule has 0 atom stereocenters. The average molecular weight is 203 g/mol. The first-order valence-corrected chi connectivity index (χ1v) is 3.86. The molecular formula is C8H10N3NaO2. The molecule has 0 aromatic heterocycles. The largest absolute Gasteiger partial charge is 1.00 e. The predicted octanol–water partition coefficient (Wildman–Crippen LogP) is -4.13. The Morgan fingerprint density at radius 3 is 1.93 bits per heavy atom. The number of carboxylic acid groups (broad SMARTS) is 1. The van der Waals surface area contributed by atoms with Gasteiger partial charge < -0.3 is 9.90 Å². The van der Waals surface area contributed by atoms with Gasteiger partial charge in [-0.3, -0.25) is 4.90 Å². The van der Waals surface area contributed by atoms with Crippen LogP contribution >= 0.6 is 0 Å². The molecule has 0 spiro atoms. The van der Waals surface area contributed by atoms with Gasteiger partial charge in [0.2, 0.25) is 0 Å². The second-order valence-corrected chi connectivity index (χ2v) is 2.46. The summed E-state index contributed by atoms with van der Waals surface area (Å²) < 4.78 is 0. The van der Waals surface area contributed by atoms with E-state index in [-0.39, 0.29) is 48.9 Å². The maximum atomic E-state index is 10.2. The summed E-state index contributed by atoms with van der Waals surface area (Å²) in [5.41, 5.74) is 0. The number of nitriles is 2. The van der Waals surface area contributed by atoms with Crippen LogP contribution in [-0.2, 0) is 4.79 Å². The van der Waals surface area contributed by atoms with Crippen molar-refractivity contribution in [1.82, 2.24) is 4.90 Å². The van der Waals surface area contributed by atoms with Crippen molar-refractivity contribution >= 4 is 5.97 Å². The van der Waals surface area contributed by atoms with Crippen molar-refractivity contribution < 1.29 is 39.5 Å². The monoisotopic (exact) mass is 203 g/mol. The molecule has 0 aromatic rings. The second kappa shape index (κ2) is 10.5. The molecule has 0 saturated heterocycles. The van der Waals surface area contributed by atoms with Crippen molar-refractivity contribution in [3.63, 3.8) is 0 Å². The maximum Gasteiger partial charge on any atom is 1.00 e. The summed E-state index contributed by atoms with van der Waals surface area (Å²) in [7, 11) is 0. The van der Waals surface area contributed by atoms with Gasteiger partial charge in [0.05, 0.1) is 18.1 Å². The average Bonchev–Trinajstić information content (AvgIpc) is 2.09. The van der Waals surface area contributed by atoms with Crippen molar-refractivity contribution in [3.05, 3.63) is 0 Å². The Bertz CT molecular complexity index is 226. The molecule has 0 aliphatic rings. The molecule has 0 fully saturated rings. The van der Waals surface area contributed by atoms with Gasteiger partial charge in [-0.05, 0) is 0 Å². The summed E-state index contributed by atoms with van der Waals surface area (Å²) in [5.74, 6) is -1.18. The third kappa shape index (κ3) is 9.50. The normalized spacial score (nSPS) is 8.50. The molecule has 6 heteroatoms. The third-order valence-electron chi connectivity index (χ3n) is 1.43. The van der Waals surface area contributed by atoms with Crippen LogP contribution in [0.15, 0.2) is 0 Å². The summed E-state index contributed by atoms with van der Waals surface area (Å²) in [6, 6.07) is 3.82. The van der Waals surface area contributed by atoms with E-state index in [0.717, 1.165) is 0 Å². The first-order chi connectivity index (χ1) is 6.20. The molecule has 0 amide bonds. The Morgan fingerprint density at radius 1 is 1.21 bits per heavy atom. The van der Waals surface area contributed by atoms with Gasteiger partial charge in [-0.15, -0.1) is 0 Å². The predicted molar refractivity (Wildman–Crippen MR) is 41.9 cm³/mol. The van der Waals surface area contributed by atoms with Crippen molar-refractivity contribution in [2.75, 3.05) is 19.6 Å². The molecule has 0 unspecified atom stereocenters. The van der Waals surface area contributed by atoms with E-state index in [9.17, 15) is 9.90 Å². The summed E-state index contributed by atoms with van der Waals surface area (Å²) in [4.78, 5) is 11.7. The van der Waals surface area contributed by atoms with Gasteiger partial charge in [0, 0.05) is 32.5 Å². The number of nitrogens with zero attached hydrogens (tertiary/aromatic N) is 3. The molecule has 5 nitrogen and oxygen atoms in total. The molecule has 0 aliphatic heterocycles. The second-order valence-electron chi connectivity index (χ2n) is 2.46. The molecule has 0 rings (SSSR count). The van der Waals surface area contributed by atoms with Crippen molar-refractivity contribution in [2.45, 2.75) is 12.8 Å². The van der Waals surface area contributed by atoms with E-state index in [1.807, 2.05) is 12.1 Å². The van der Waals surface area contributed by atoms with Crippen LogP contribution in [0, 0.1) is 22.7 Å². The molecule has 70 valence electrons. The summed E-state index contributed by atoms with van der Waals surface area (Å²) >= 11 is 0. The molecule has 0 N–H and O–H groups in total. The van der Waals surface area contributed by atoms with Crippen LogP contribution in [0.1, 0.15) is 12.8 Å². The standard InChI is InChI=1S/C8H11N3O2.Na/c9-3-1-5-11(6-2-4-10)7-8(12)13;/h1-2,5-7H2,(H,12,13);/q;+1/p-1. The molecule has 0 aromatic carbocycles. The Morgan fingerprint density at radius 2 is 1.64 bits per heavy atom. The zero-order valence-corrected chi connectivity index (χ0v) is 10.2. The fraction of sp³-hybridized carbons (Fsp3) is 0.625. The fourth-order valence-electron chi connectivity index (χ4n) is 0.869. The number of hydrogen-bond donors (Lipinski definition) is 0. The Hall–Kier alpha value is -0.590. The van der Waals surface area contributed by atoms with Crippen LogP contribution in [0.5, 0.6) is 0 Å². The minimum absolute atomic E-state index is 0. The zero-order chi connectivity index (χ0) is 10.1. The van der Waals surface area contributed by atoms with E-state index in [2.05, 4.69) is 0 Å². The molecule has 0 bridgehead atoms. The van der Waals surface area contributed by atoms with Crippen molar-refractivity contribution in [1.29, 1.82) is 10.5 Å². The number of aliphatic carboxylic acids is 1. The summed E-state index contributed by atoms with van der Waals surface area (Å²) in [5, 5.41) is 26.8. The quantitative estimate of drug-likeness (QED) is 0.409. The van der Waals surface area contributed by atoms with Crippen LogP contribution in [0.25, 0.3) is 0 Å². The topological polar surface area (TPSA) is 91.0 Å². The molecule has 0 radical (unpaired) electrons. The van der Waals surface area contributed by atoms with Crippen LogP contribution in [0.4, 0.5) is 0 Å². The van der Waals surface area contributed by atoms with Gasteiger partial charge in [-0.2, -0.15) is 10.5 Å². The van der Waals surface area contributed by atoms with Gasteiger partial charge in [-0.1, -0.05) is 0 Å². The van der Waals surface area contributed by atoms with Gasteiger partial charge in [0.15, 0.2) is 0 Å². The van der Waals surface area contributed by atoms with E-state index in [1.165, 1.54) is 4.90 Å². The Balaban J connectivity index is 0. The van der Waals surface area contributed by atoms with Gasteiger partial charge in [0.1, 0.15) is 0 Å². The third-order valence-corrected chi connectivity index (χ3v) is 1.43. The number of rotatable bonds is 6. The van der Waals surface area contributed by atoms with E-state index < -0.39 is 5.97 Å².